The summed E-state index contributed by atoms with van der Waals surface area (Å²) in [5.41, 5.74) is 3.61. The number of anilines is 1. The second-order valence-corrected chi connectivity index (χ2v) is 12.6. The molecule has 2 fully saturated rings. The summed E-state index contributed by atoms with van der Waals surface area (Å²) in [4.78, 5) is 20.6. The Hall–Kier alpha value is -1.14. The number of esters is 1. The number of carbonyl (C=O) groups excluding carboxylic acids is 1. The van der Waals surface area contributed by atoms with Crippen molar-refractivity contribution in [2.24, 2.45) is 16.7 Å². The zero-order chi connectivity index (χ0) is 24.2. The summed E-state index contributed by atoms with van der Waals surface area (Å²) in [6.07, 6.45) is 1.42. The Labute approximate surface area is 202 Å². The molecular formula is C26H41BrN2O3. The van der Waals surface area contributed by atoms with Gasteiger partial charge in [-0.15, -0.1) is 0 Å². The summed E-state index contributed by atoms with van der Waals surface area (Å²) < 4.78 is 13.0. The molecule has 5 nitrogen and oxygen atoms in total. The van der Waals surface area contributed by atoms with E-state index < -0.39 is 11.7 Å². The van der Waals surface area contributed by atoms with Crippen molar-refractivity contribution in [2.45, 2.75) is 99.9 Å². The summed E-state index contributed by atoms with van der Waals surface area (Å²) in [6, 6.07) is 0. The van der Waals surface area contributed by atoms with E-state index in [0.717, 1.165) is 40.2 Å². The monoisotopic (exact) mass is 508 g/mol. The number of rotatable bonds is 5. The zero-order valence-corrected chi connectivity index (χ0v) is 23.1. The van der Waals surface area contributed by atoms with Crippen LogP contribution in [0.1, 0.15) is 91.3 Å². The summed E-state index contributed by atoms with van der Waals surface area (Å²) in [5, 5.41) is 0. The van der Waals surface area contributed by atoms with Gasteiger partial charge in [-0.05, 0) is 94.0 Å². The van der Waals surface area contributed by atoms with E-state index in [1.54, 1.807) is 0 Å². The highest BCUT2D eigenvalue weighted by Gasteiger charge is 2.56. The number of aryl methyl sites for hydroxylation is 2. The lowest BCUT2D eigenvalue weighted by Crippen LogP contribution is -2.52. The molecule has 180 valence electrons. The molecule has 1 saturated heterocycles. The van der Waals surface area contributed by atoms with E-state index in [9.17, 15) is 4.79 Å². The van der Waals surface area contributed by atoms with Crippen molar-refractivity contribution in [3.05, 3.63) is 21.4 Å². The van der Waals surface area contributed by atoms with Gasteiger partial charge >= 0.3 is 5.97 Å². The van der Waals surface area contributed by atoms with Crippen molar-refractivity contribution in [3.63, 3.8) is 0 Å². The van der Waals surface area contributed by atoms with Crippen LogP contribution in [-0.2, 0) is 14.3 Å². The number of aromatic nitrogens is 1. The van der Waals surface area contributed by atoms with Gasteiger partial charge in [0.25, 0.3) is 0 Å². The van der Waals surface area contributed by atoms with E-state index in [1.807, 2.05) is 48.5 Å². The maximum absolute atomic E-state index is 13.3. The molecule has 3 rings (SSSR count). The maximum atomic E-state index is 13.3. The second kappa shape index (κ2) is 8.57. The van der Waals surface area contributed by atoms with Gasteiger partial charge in [0, 0.05) is 24.3 Å². The number of hydrogen-bond donors (Lipinski definition) is 0. The first-order valence-electron chi connectivity index (χ1n) is 11.9. The van der Waals surface area contributed by atoms with Crippen LogP contribution in [0.5, 0.6) is 0 Å². The molecule has 1 aliphatic heterocycles. The van der Waals surface area contributed by atoms with Crippen LogP contribution in [0.15, 0.2) is 4.47 Å². The van der Waals surface area contributed by atoms with Gasteiger partial charge in [-0.25, -0.2) is 4.79 Å². The Balaban J connectivity index is 2.16. The molecule has 2 aliphatic rings. The smallest absolute Gasteiger partial charge is 0.340 e. The van der Waals surface area contributed by atoms with E-state index in [2.05, 4.69) is 41.6 Å². The van der Waals surface area contributed by atoms with Crippen LogP contribution in [0.3, 0.4) is 0 Å². The molecule has 2 bridgehead atoms. The molecule has 0 N–H and O–H groups in total. The SMILES string of the molecule is Cc1nc(C)c(C(OC(C)(C)C)C(=O)OC(C)C)c(N2CC3CCC(C)(C2)C3(C)C)c1Br. The first kappa shape index (κ1) is 25.5. The Morgan fingerprint density at radius 2 is 1.81 bits per heavy atom. The lowest BCUT2D eigenvalue weighted by molar-refractivity contribution is -0.171. The van der Waals surface area contributed by atoms with Gasteiger partial charge in [-0.1, -0.05) is 20.8 Å². The standard InChI is InChI=1S/C26H41BrN2O3/c1-15(2)31-23(30)22(32-24(5,6)7)19-16(3)28-17(4)20(27)21(19)29-13-18-11-12-26(10,14-29)25(18,8)9/h15,18,22H,11-14H2,1-10H3. The summed E-state index contributed by atoms with van der Waals surface area (Å²) in [6.45, 7) is 22.8. The number of carbonyl (C=O) groups is 1. The van der Waals surface area contributed by atoms with Gasteiger partial charge in [0.05, 0.1) is 27.6 Å². The molecule has 3 unspecified atom stereocenters. The Kier molecular flexibility index (Phi) is 6.83. The number of nitrogens with zero attached hydrogens (tertiary/aromatic N) is 2. The van der Waals surface area contributed by atoms with E-state index in [1.165, 1.54) is 12.8 Å². The Bertz CT molecular complexity index is 890. The lowest BCUT2D eigenvalue weighted by Gasteiger charge is -2.52. The van der Waals surface area contributed by atoms with Crippen LogP contribution in [-0.4, -0.2) is 35.7 Å². The van der Waals surface area contributed by atoms with Crippen molar-refractivity contribution < 1.29 is 14.3 Å². The fourth-order valence-electron chi connectivity index (χ4n) is 5.51. The minimum absolute atomic E-state index is 0.218. The molecular weight excluding hydrogens is 468 g/mol. The molecule has 0 amide bonds. The van der Waals surface area contributed by atoms with Gasteiger partial charge in [0.15, 0.2) is 6.10 Å². The third-order valence-electron chi connectivity index (χ3n) is 7.72. The van der Waals surface area contributed by atoms with Crippen LogP contribution in [0.4, 0.5) is 5.69 Å². The third-order valence-corrected chi connectivity index (χ3v) is 8.67. The predicted molar refractivity (Wildman–Crippen MR) is 133 cm³/mol. The molecule has 1 saturated carbocycles. The van der Waals surface area contributed by atoms with Crippen molar-refractivity contribution in [1.29, 1.82) is 0 Å². The number of hydrogen-bond acceptors (Lipinski definition) is 5. The number of fused-ring (bicyclic) bond motifs is 2. The third kappa shape index (κ3) is 4.59. The van der Waals surface area contributed by atoms with Gasteiger partial charge in [-0.2, -0.15) is 0 Å². The lowest BCUT2D eigenvalue weighted by atomic mass is 9.63. The van der Waals surface area contributed by atoms with Crippen molar-refractivity contribution in [3.8, 4) is 0 Å². The van der Waals surface area contributed by atoms with E-state index in [0.29, 0.717) is 11.3 Å². The van der Waals surface area contributed by atoms with Gasteiger partial charge in [0.2, 0.25) is 0 Å². The van der Waals surface area contributed by atoms with Crippen LogP contribution >= 0.6 is 15.9 Å². The fourth-order valence-corrected chi connectivity index (χ4v) is 6.06. The molecule has 1 aromatic rings. The van der Waals surface area contributed by atoms with Crippen molar-refractivity contribution in [1.82, 2.24) is 4.98 Å². The molecule has 1 aromatic heterocycles. The van der Waals surface area contributed by atoms with Crippen molar-refractivity contribution >= 4 is 27.6 Å². The van der Waals surface area contributed by atoms with Crippen LogP contribution in [0.2, 0.25) is 0 Å². The topological polar surface area (TPSA) is 51.7 Å². The van der Waals surface area contributed by atoms with E-state index in [4.69, 9.17) is 14.5 Å². The van der Waals surface area contributed by atoms with Gasteiger partial charge in [-0.3, -0.25) is 4.98 Å². The molecule has 0 aromatic carbocycles. The molecule has 0 radical (unpaired) electrons. The normalized spacial score (nSPS) is 25.9. The van der Waals surface area contributed by atoms with Crippen LogP contribution in [0, 0.1) is 30.6 Å². The summed E-state index contributed by atoms with van der Waals surface area (Å²) >= 11 is 3.84. The van der Waals surface area contributed by atoms with Crippen molar-refractivity contribution in [2.75, 3.05) is 18.0 Å². The summed E-state index contributed by atoms with van der Waals surface area (Å²) in [7, 11) is 0. The minimum Gasteiger partial charge on any atom is -0.461 e. The average molecular weight is 510 g/mol. The highest BCUT2D eigenvalue weighted by atomic mass is 79.9. The first-order valence-corrected chi connectivity index (χ1v) is 12.7. The minimum atomic E-state index is -0.836. The zero-order valence-electron chi connectivity index (χ0n) is 21.6. The Morgan fingerprint density at radius 1 is 1.19 bits per heavy atom. The molecule has 32 heavy (non-hydrogen) atoms. The molecule has 2 heterocycles. The van der Waals surface area contributed by atoms with E-state index >= 15 is 0 Å². The molecule has 0 spiro atoms. The second-order valence-electron chi connectivity index (χ2n) is 11.9. The van der Waals surface area contributed by atoms with Gasteiger partial charge in [0.1, 0.15) is 0 Å². The Morgan fingerprint density at radius 3 is 2.34 bits per heavy atom. The van der Waals surface area contributed by atoms with Crippen LogP contribution < -0.4 is 4.90 Å². The average Bonchev–Trinajstić information content (AvgIpc) is 2.77. The number of ether oxygens (including phenoxy) is 2. The fraction of sp³-hybridized carbons (Fsp3) is 0.769. The quantitative estimate of drug-likeness (QED) is 0.423. The number of piperidine rings is 1. The highest BCUT2D eigenvalue weighted by molar-refractivity contribution is 9.10. The number of halogens is 1. The van der Waals surface area contributed by atoms with Gasteiger partial charge < -0.3 is 14.4 Å². The molecule has 6 heteroatoms. The maximum Gasteiger partial charge on any atom is 0.340 e. The summed E-state index contributed by atoms with van der Waals surface area (Å²) in [5.74, 6) is 0.253. The predicted octanol–water partition coefficient (Wildman–Crippen LogP) is 6.53. The van der Waals surface area contributed by atoms with Crippen LogP contribution in [0.25, 0.3) is 0 Å². The molecule has 3 atom stereocenters. The highest BCUT2D eigenvalue weighted by Crippen LogP contribution is 2.60. The largest absolute Gasteiger partial charge is 0.461 e. The molecule has 1 aliphatic carbocycles. The number of pyridine rings is 1. The first-order chi connectivity index (χ1) is 14.6. The van der Waals surface area contributed by atoms with E-state index in [-0.39, 0.29) is 17.5 Å².